The van der Waals surface area contributed by atoms with E-state index in [9.17, 15) is 22.8 Å². The molecular weight excluding hydrogens is 441 g/mol. The van der Waals surface area contributed by atoms with Crippen molar-refractivity contribution in [1.82, 2.24) is 0 Å². The third-order valence-electron chi connectivity index (χ3n) is 10.1. The molecule has 0 aromatic rings. The van der Waals surface area contributed by atoms with Crippen LogP contribution in [0.15, 0.2) is 11.6 Å². The van der Waals surface area contributed by atoms with E-state index in [1.807, 2.05) is 6.08 Å². The van der Waals surface area contributed by atoms with Gasteiger partial charge in [0.15, 0.2) is 0 Å². The molecule has 0 aromatic heterocycles. The zero-order valence-corrected chi connectivity index (χ0v) is 19.2. The van der Waals surface area contributed by atoms with Crippen LogP contribution < -0.4 is 0 Å². The summed E-state index contributed by atoms with van der Waals surface area (Å²) in [4.78, 5) is 24.4. The van der Waals surface area contributed by atoms with Crippen LogP contribution in [0.2, 0.25) is 0 Å². The van der Waals surface area contributed by atoms with E-state index in [2.05, 4.69) is 13.8 Å². The number of carbonyl (C=O) groups is 2. The molecule has 0 amide bonds. The molecule has 0 aromatic carbocycles. The zero-order chi connectivity index (χ0) is 22.7. The Balaban J connectivity index is 1.44. The molecule has 0 N–H and O–H groups in total. The maximum Gasteiger partial charge on any atom is 0.397 e. The lowest BCUT2D eigenvalue weighted by Gasteiger charge is -2.58. The molecule has 2 spiro atoms. The lowest BCUT2D eigenvalue weighted by Crippen LogP contribution is -2.62. The quantitative estimate of drug-likeness (QED) is 0.323. The van der Waals surface area contributed by atoms with Gasteiger partial charge >= 0.3 is 12.1 Å². The van der Waals surface area contributed by atoms with Crippen molar-refractivity contribution in [1.29, 1.82) is 0 Å². The molecule has 4 nitrogen and oxygen atoms in total. The van der Waals surface area contributed by atoms with E-state index in [1.165, 1.54) is 0 Å². The topological polar surface area (TPSA) is 55.9 Å². The van der Waals surface area contributed by atoms with Gasteiger partial charge < -0.3 is 9.47 Å². The van der Waals surface area contributed by atoms with Crippen LogP contribution in [0.4, 0.5) is 13.2 Å². The van der Waals surface area contributed by atoms with E-state index in [1.54, 1.807) is 0 Å². The van der Waals surface area contributed by atoms with Gasteiger partial charge in [-0.15, -0.1) is 11.8 Å². The third-order valence-corrected chi connectivity index (χ3v) is 11.4. The van der Waals surface area contributed by atoms with Gasteiger partial charge in [0.05, 0.1) is 11.9 Å². The highest BCUT2D eigenvalue weighted by Gasteiger charge is 2.82. The Labute approximate surface area is 190 Å². The van der Waals surface area contributed by atoms with Crippen LogP contribution in [-0.2, 0) is 19.1 Å². The fourth-order valence-electron chi connectivity index (χ4n) is 8.52. The van der Waals surface area contributed by atoms with Crippen molar-refractivity contribution in [2.24, 2.45) is 22.7 Å². The van der Waals surface area contributed by atoms with E-state index in [4.69, 9.17) is 9.47 Å². The van der Waals surface area contributed by atoms with Gasteiger partial charge in [-0.25, -0.2) is 0 Å². The Morgan fingerprint density at radius 3 is 2.62 bits per heavy atom. The number of thioether (sulfide) groups is 1. The maximum absolute atomic E-state index is 13.3. The Morgan fingerprint density at radius 1 is 1.16 bits per heavy atom. The highest BCUT2D eigenvalue weighted by Crippen LogP contribution is 2.77. The van der Waals surface area contributed by atoms with Gasteiger partial charge in [0.1, 0.15) is 17.0 Å². The molecule has 0 radical (unpaired) electrons. The molecule has 8 heteroatoms. The van der Waals surface area contributed by atoms with Crippen molar-refractivity contribution < 1.29 is 32.2 Å². The monoisotopic (exact) mass is 470 g/mol. The molecule has 2 unspecified atom stereocenters. The number of halogens is 3. The third kappa shape index (κ3) is 2.57. The molecule has 4 aliphatic carbocycles. The highest BCUT2D eigenvalue weighted by atomic mass is 32.2. The maximum atomic E-state index is 13.3. The molecule has 0 bridgehead atoms. The molecular formula is C24H29F3O4S. The van der Waals surface area contributed by atoms with Crippen molar-refractivity contribution in [2.75, 3.05) is 5.75 Å². The number of Topliss-reactive ketones (excluding diaryl/α,β-unsaturated/α-hetero) is 1. The Kier molecular flexibility index (Phi) is 4.27. The average molecular weight is 471 g/mol. The number of esters is 1. The van der Waals surface area contributed by atoms with Gasteiger partial charge in [0.25, 0.3) is 0 Å². The number of epoxide rings is 1. The Morgan fingerprint density at radius 2 is 1.94 bits per heavy atom. The molecule has 176 valence electrons. The van der Waals surface area contributed by atoms with Crippen molar-refractivity contribution in [3.8, 4) is 0 Å². The van der Waals surface area contributed by atoms with Crippen LogP contribution in [0.3, 0.4) is 0 Å². The van der Waals surface area contributed by atoms with Crippen molar-refractivity contribution >= 4 is 23.5 Å². The lowest BCUT2D eigenvalue weighted by molar-refractivity contribution is -0.163. The summed E-state index contributed by atoms with van der Waals surface area (Å²) in [6.45, 7) is 4.36. The molecule has 3 saturated carbocycles. The van der Waals surface area contributed by atoms with Crippen LogP contribution in [0.25, 0.3) is 0 Å². The summed E-state index contributed by atoms with van der Waals surface area (Å²) >= 11 is 0.950. The van der Waals surface area contributed by atoms with Crippen LogP contribution in [-0.4, -0.2) is 46.2 Å². The summed E-state index contributed by atoms with van der Waals surface area (Å²) in [5.74, 6) is -0.845. The van der Waals surface area contributed by atoms with Gasteiger partial charge in [-0.3, -0.25) is 9.59 Å². The first kappa shape index (κ1) is 21.5. The lowest BCUT2D eigenvalue weighted by atomic mass is 9.46. The number of ketones is 1. The smallest absolute Gasteiger partial charge is 0.397 e. The number of alkyl halides is 3. The Hall–Kier alpha value is -1.02. The normalized spacial score (nSPS) is 51.5. The van der Waals surface area contributed by atoms with Gasteiger partial charge in [-0.1, -0.05) is 25.5 Å². The molecule has 2 saturated heterocycles. The van der Waals surface area contributed by atoms with Gasteiger partial charge in [-0.05, 0) is 38.0 Å². The van der Waals surface area contributed by atoms with Crippen LogP contribution in [0, 0.1) is 22.7 Å². The van der Waals surface area contributed by atoms with E-state index in [0.717, 1.165) is 36.6 Å². The van der Waals surface area contributed by atoms with Crippen molar-refractivity contribution in [2.45, 2.75) is 93.9 Å². The van der Waals surface area contributed by atoms with E-state index in [0.29, 0.717) is 32.1 Å². The van der Waals surface area contributed by atoms with Crippen molar-refractivity contribution in [3.05, 3.63) is 11.6 Å². The molecule has 5 fully saturated rings. The summed E-state index contributed by atoms with van der Waals surface area (Å²) < 4.78 is 52.3. The minimum atomic E-state index is -4.25. The summed E-state index contributed by atoms with van der Waals surface area (Å²) in [5.41, 5.74) is -0.637. The van der Waals surface area contributed by atoms with E-state index >= 15 is 0 Å². The number of hydrogen-bond donors (Lipinski definition) is 0. The number of hydrogen-bond acceptors (Lipinski definition) is 5. The second kappa shape index (κ2) is 6.35. The number of fused-ring (bicyclic) bond motifs is 4. The molecule has 8 atom stereocenters. The predicted molar refractivity (Wildman–Crippen MR) is 112 cm³/mol. The second-order valence-corrected chi connectivity index (χ2v) is 12.5. The molecule has 6 rings (SSSR count). The van der Waals surface area contributed by atoms with E-state index < -0.39 is 23.1 Å². The van der Waals surface area contributed by atoms with Gasteiger partial charge in [0.2, 0.25) is 0 Å². The largest absolute Gasteiger partial charge is 0.458 e. The minimum absolute atomic E-state index is 0.0566. The minimum Gasteiger partial charge on any atom is -0.458 e. The standard InChI is InChI=1S/C24H29F3O4S/c1-20-6-3-14(28)9-13(20)10-16(32-12-23(25,26)27)19-15-4-7-22(8-5-18(29)31-22)21(15,2)11-17-24(19,20)30-17/h10,15-17,19H,3-9,11-12H2,1-2H3/t15?,16-,17-,19?,20+,21+,22-,24-/m1/s1. The number of ether oxygens (including phenoxy) is 2. The van der Waals surface area contributed by atoms with Gasteiger partial charge in [0, 0.05) is 41.3 Å². The SMILES string of the molecule is C[C@]12CCC(=O)CC1=C[C@@H](SCC(F)(F)F)C1C3CC[C@@]4(CCC(=O)O4)[C@@]3(C)C[C@H]3O[C@@]132. The summed E-state index contributed by atoms with van der Waals surface area (Å²) in [6, 6.07) is 0. The predicted octanol–water partition coefficient (Wildman–Crippen LogP) is 5.00. The highest BCUT2D eigenvalue weighted by molar-refractivity contribution is 8.00. The first-order valence-corrected chi connectivity index (χ1v) is 12.8. The molecule has 2 aliphatic heterocycles. The molecule has 32 heavy (non-hydrogen) atoms. The fraction of sp³-hybridized carbons (Fsp3) is 0.833. The fourth-order valence-corrected chi connectivity index (χ4v) is 9.76. The van der Waals surface area contributed by atoms with Crippen LogP contribution in [0.1, 0.15) is 65.2 Å². The second-order valence-electron chi connectivity index (χ2n) is 11.3. The average Bonchev–Trinajstić information content (AvgIpc) is 3.19. The first-order chi connectivity index (χ1) is 14.9. The van der Waals surface area contributed by atoms with Crippen LogP contribution in [0.5, 0.6) is 0 Å². The number of rotatable bonds is 2. The van der Waals surface area contributed by atoms with E-state index in [-0.39, 0.29) is 45.8 Å². The zero-order valence-electron chi connectivity index (χ0n) is 18.4. The Bertz CT molecular complexity index is 933. The molecule has 6 aliphatic rings. The molecule has 2 heterocycles. The van der Waals surface area contributed by atoms with Crippen LogP contribution >= 0.6 is 11.8 Å². The summed E-state index contributed by atoms with van der Waals surface area (Å²) in [7, 11) is 0. The summed E-state index contributed by atoms with van der Waals surface area (Å²) in [5, 5.41) is -0.354. The van der Waals surface area contributed by atoms with Gasteiger partial charge in [-0.2, -0.15) is 13.2 Å². The first-order valence-electron chi connectivity index (χ1n) is 11.8. The number of carbonyl (C=O) groups excluding carboxylic acids is 2. The summed E-state index contributed by atoms with van der Waals surface area (Å²) in [6.07, 6.45) is 2.72. The van der Waals surface area contributed by atoms with Crippen molar-refractivity contribution in [3.63, 3.8) is 0 Å².